The summed E-state index contributed by atoms with van der Waals surface area (Å²) in [5.41, 5.74) is 84.1. The molecule has 1 rings (SSSR count). The van der Waals surface area contributed by atoms with E-state index in [4.69, 9.17) is 86.0 Å². The summed E-state index contributed by atoms with van der Waals surface area (Å²) in [7, 11) is 0. The molecule has 0 saturated carbocycles. The van der Waals surface area contributed by atoms with Gasteiger partial charge in [-0.3, -0.25) is 92.1 Å². The summed E-state index contributed by atoms with van der Waals surface area (Å²) in [5, 5.41) is 44.7. The minimum atomic E-state index is -1.77. The summed E-state index contributed by atoms with van der Waals surface area (Å²) in [6.45, 7) is 0.494. The summed E-state index contributed by atoms with van der Waals surface area (Å²) in [6, 6.07) is -16.6. The Bertz CT molecular complexity index is 3170. The van der Waals surface area contributed by atoms with E-state index in [0.717, 1.165) is 4.90 Å². The van der Waals surface area contributed by atoms with Crippen LogP contribution in [0.25, 0.3) is 0 Å². The van der Waals surface area contributed by atoms with Crippen molar-refractivity contribution in [2.75, 3.05) is 58.9 Å². The van der Waals surface area contributed by atoms with Crippen LogP contribution in [0.1, 0.15) is 148 Å². The number of nitrogens with zero attached hydrogens (tertiary/aromatic N) is 6. The molecule has 1 aliphatic heterocycles. The average molecular weight is 1570 g/mol. The first-order chi connectivity index (χ1) is 51.9. The van der Waals surface area contributed by atoms with Crippen LogP contribution in [0, 0.1) is 0 Å². The largest absolute Gasteiger partial charge is 0.480 e. The maximum absolute atomic E-state index is 14.9. The zero-order valence-electron chi connectivity index (χ0n) is 62.3. The van der Waals surface area contributed by atoms with E-state index in [9.17, 15) is 77.3 Å². The SMILES string of the molecule is C[C@@H](O)[C@H](N)C(=O)N1CCC[C@H]1C(=O)N[C@@H](CCC(N)=O)C(=O)N[C@@H](CCCN=C(N)N)C(=O)N[C@@H](CCC(N)=O)C(=O)N[C@@H](CCCN=C(N)N)C(=O)N[C@@H](CCCN=C(N)N)C(=O)N[C@@H](CCCN=C(N)N)C(=O)N[C@@H](CCCCN)C(=O)N[C@@H](CCCCN)C(=O)N[C@@H](CCCN=C(N)N)C(=O)NCC(=O)O. The molecule has 0 aromatic rings. The van der Waals surface area contributed by atoms with Crippen molar-refractivity contribution in [3.8, 4) is 0 Å². The van der Waals surface area contributed by atoms with Crippen molar-refractivity contribution in [3.63, 3.8) is 0 Å². The molecule has 1 fully saturated rings. The van der Waals surface area contributed by atoms with Gasteiger partial charge in [0, 0.05) is 52.1 Å². The van der Waals surface area contributed by atoms with E-state index in [0.29, 0.717) is 19.3 Å². The van der Waals surface area contributed by atoms with Crippen LogP contribution in [0.2, 0.25) is 0 Å². The van der Waals surface area contributed by atoms with Crippen molar-refractivity contribution < 1.29 is 77.3 Å². The lowest BCUT2D eigenvalue weighted by atomic mass is 10.0. The van der Waals surface area contributed by atoms with Crippen LogP contribution in [0.3, 0.4) is 0 Å². The maximum Gasteiger partial charge on any atom is 0.322 e. The monoisotopic (exact) mass is 1570 g/mol. The Kier molecular flexibility index (Phi) is 47.1. The number of unbranched alkanes of at least 4 members (excludes halogenated alkanes) is 2. The van der Waals surface area contributed by atoms with E-state index in [-0.39, 0.29) is 178 Å². The number of carboxylic acid groups (broad SMARTS) is 1. The van der Waals surface area contributed by atoms with Crippen molar-refractivity contribution >= 4 is 113 Å². The number of likely N-dealkylation sites (tertiary alicyclic amines) is 1. The number of nitrogens with two attached hydrogens (primary N) is 15. The van der Waals surface area contributed by atoms with Crippen LogP contribution < -0.4 is 139 Å². The summed E-state index contributed by atoms with van der Waals surface area (Å²) >= 11 is 0. The Hall–Kier alpha value is -11.2. The molecule has 1 aliphatic rings. The van der Waals surface area contributed by atoms with E-state index < -0.39 is 188 Å². The van der Waals surface area contributed by atoms with Crippen LogP contribution in [-0.4, -0.2) is 259 Å². The van der Waals surface area contributed by atoms with Gasteiger partial charge >= 0.3 is 5.97 Å². The number of carbonyl (C=O) groups excluding carboxylic acids is 13. The van der Waals surface area contributed by atoms with Gasteiger partial charge in [-0.15, -0.1) is 0 Å². The number of amides is 13. The quantitative estimate of drug-likeness (QED) is 0.0153. The van der Waals surface area contributed by atoms with Gasteiger partial charge in [0.1, 0.15) is 73.0 Å². The lowest BCUT2D eigenvalue weighted by Crippen LogP contribution is -2.61. The van der Waals surface area contributed by atoms with Crippen molar-refractivity contribution in [2.24, 2.45) is 111 Å². The molecule has 0 spiro atoms. The maximum atomic E-state index is 14.9. The number of carbonyl (C=O) groups is 14. The highest BCUT2D eigenvalue weighted by molar-refractivity contribution is 6.00. The highest BCUT2D eigenvalue weighted by Crippen LogP contribution is 2.20. The number of primary amides is 2. The number of aliphatic hydroxyl groups is 1. The van der Waals surface area contributed by atoms with Gasteiger partial charge in [0.05, 0.1) is 6.10 Å². The van der Waals surface area contributed by atoms with Crippen molar-refractivity contribution in [1.29, 1.82) is 0 Å². The van der Waals surface area contributed by atoms with Crippen LogP contribution in [0.15, 0.2) is 25.0 Å². The average Bonchev–Trinajstić information content (AvgIpc) is 1.61. The molecule has 42 N–H and O–H groups in total. The molecule has 0 radical (unpaired) electrons. The first-order valence-electron chi connectivity index (χ1n) is 36.1. The second-order valence-electron chi connectivity index (χ2n) is 25.9. The molecule has 0 bridgehead atoms. The molecular formula is C63H119N31O16. The minimum Gasteiger partial charge on any atom is -0.480 e. The highest BCUT2D eigenvalue weighted by atomic mass is 16.4. The van der Waals surface area contributed by atoms with Crippen molar-refractivity contribution in [1.82, 2.24) is 58.1 Å². The van der Waals surface area contributed by atoms with Gasteiger partial charge in [0.25, 0.3) is 0 Å². The predicted octanol–water partition coefficient (Wildman–Crippen LogP) is -12.7. The molecule has 0 aliphatic carbocycles. The number of aliphatic carboxylic acids is 1. The van der Waals surface area contributed by atoms with E-state index in [1.807, 2.05) is 0 Å². The van der Waals surface area contributed by atoms with Gasteiger partial charge in [-0.05, 0) is 148 Å². The zero-order valence-corrected chi connectivity index (χ0v) is 62.3. The third kappa shape index (κ3) is 41.2. The molecule has 0 aromatic heterocycles. The highest BCUT2D eigenvalue weighted by Gasteiger charge is 2.40. The molecule has 47 nitrogen and oxygen atoms in total. The third-order valence-corrected chi connectivity index (χ3v) is 16.7. The van der Waals surface area contributed by atoms with Gasteiger partial charge in [-0.1, -0.05) is 0 Å². The fraction of sp³-hybridized carbons (Fsp3) is 0.698. The number of aliphatic imine (C=N–C) groups is 5. The number of hydrogen-bond donors (Lipinski definition) is 27. The molecule has 13 amide bonds. The molecule has 0 unspecified atom stereocenters. The molecule has 0 aromatic carbocycles. The smallest absolute Gasteiger partial charge is 0.322 e. The molecule has 47 heteroatoms. The molecule has 1 heterocycles. The summed E-state index contributed by atoms with van der Waals surface area (Å²) in [6.07, 6.45) is -2.89. The van der Waals surface area contributed by atoms with Crippen LogP contribution >= 0.6 is 0 Å². The number of carboxylic acids is 1. The van der Waals surface area contributed by atoms with Crippen molar-refractivity contribution in [3.05, 3.63) is 0 Å². The Morgan fingerprint density at radius 3 is 0.882 bits per heavy atom. The topological polar surface area (TPSA) is 855 Å². The second kappa shape index (κ2) is 53.5. The number of hydrogen-bond acceptors (Lipinski definition) is 23. The first kappa shape index (κ1) is 96.8. The number of rotatable bonds is 57. The molecule has 1 saturated heterocycles. The molecule has 12 atom stereocenters. The number of guanidine groups is 5. The predicted molar refractivity (Wildman–Crippen MR) is 405 cm³/mol. The fourth-order valence-electron chi connectivity index (χ4n) is 10.9. The standard InChI is InChI=1S/C63H119N31O16/c1-33(95)47(68)58(110)94-31-11-19-43(94)57(109)93-42(21-23-45(67)97)56(108)91-40(18-10-30-83-63(77)78)54(106)92-41(20-22-44(66)96)55(107)90-39(17-9-29-82-62(75)76)53(105)89-38(16-8-28-81-61(73)74)52(104)88-37(15-7-27-80-60(71)72)51(103)87-36(13-3-5-25-65)50(102)86-35(12-2-4-24-64)49(101)85-34(14-6-26-79-59(69)70)48(100)84-32-46(98)99/h33-43,47,95H,2-32,64-65,68H2,1H3,(H2,66,96)(H2,67,97)(H,84,100)(H,85,101)(H,86,102)(H,87,103)(H,88,104)(H,89,105)(H,90,107)(H,91,108)(H,92,106)(H,93,109)(H,98,99)(H4,69,70,79)(H4,71,72,80)(H4,73,74,81)(H4,75,76,82)(H4,77,78,83)/t33-,34+,35+,36+,37+,38+,39+,40+,41+,42+,43+,47+/m1/s1. The molecule has 110 heavy (non-hydrogen) atoms. The van der Waals surface area contributed by atoms with Gasteiger partial charge in [0.15, 0.2) is 29.8 Å². The van der Waals surface area contributed by atoms with Gasteiger partial charge in [0.2, 0.25) is 76.8 Å². The minimum absolute atomic E-state index is 0.00295. The number of aliphatic hydroxyl groups excluding tert-OH is 1. The Balaban J connectivity index is 4.00. The van der Waals surface area contributed by atoms with E-state index in [1.165, 1.54) is 6.92 Å². The number of nitrogens with one attached hydrogen (secondary N) is 10. The van der Waals surface area contributed by atoms with Gasteiger partial charge in [-0.2, -0.15) is 0 Å². The van der Waals surface area contributed by atoms with Crippen LogP contribution in [0.5, 0.6) is 0 Å². The lowest BCUT2D eigenvalue weighted by molar-refractivity contribution is -0.142. The van der Waals surface area contributed by atoms with Crippen LogP contribution in [0.4, 0.5) is 0 Å². The lowest BCUT2D eigenvalue weighted by Gasteiger charge is -2.30. The second-order valence-corrected chi connectivity index (χ2v) is 25.9. The summed E-state index contributed by atoms with van der Waals surface area (Å²) < 4.78 is 0. The van der Waals surface area contributed by atoms with Crippen LogP contribution in [-0.2, 0) is 67.1 Å². The molecule has 622 valence electrons. The van der Waals surface area contributed by atoms with Gasteiger partial charge < -0.3 is 154 Å². The Morgan fingerprint density at radius 2 is 0.636 bits per heavy atom. The van der Waals surface area contributed by atoms with Gasteiger partial charge in [-0.25, -0.2) is 0 Å². The Morgan fingerprint density at radius 1 is 0.382 bits per heavy atom. The van der Waals surface area contributed by atoms with Crippen molar-refractivity contribution in [2.45, 2.75) is 221 Å². The summed E-state index contributed by atoms with van der Waals surface area (Å²) in [4.78, 5) is 214. The Labute approximate surface area is 636 Å². The first-order valence-corrected chi connectivity index (χ1v) is 36.1. The normalized spacial score (nSPS) is 15.2. The third-order valence-electron chi connectivity index (χ3n) is 16.7. The molecular weight excluding hydrogens is 1450 g/mol. The van der Waals surface area contributed by atoms with E-state index in [1.54, 1.807) is 0 Å². The zero-order chi connectivity index (χ0) is 83.0. The van der Waals surface area contributed by atoms with E-state index in [2.05, 4.69) is 78.1 Å². The fourth-order valence-corrected chi connectivity index (χ4v) is 10.9. The summed E-state index contributed by atoms with van der Waals surface area (Å²) in [5.74, 6) is -15.4. The van der Waals surface area contributed by atoms with E-state index >= 15 is 0 Å².